The van der Waals surface area contributed by atoms with Gasteiger partial charge in [0.05, 0.1) is 0 Å². The molecule has 90 valence electrons. The summed E-state index contributed by atoms with van der Waals surface area (Å²) in [4.78, 5) is 10.3. The molecule has 1 aromatic rings. The number of benzene rings is 1. The topological polar surface area (TPSA) is 29.1 Å². The third-order valence-electron chi connectivity index (χ3n) is 3.24. The molecule has 1 unspecified atom stereocenters. The fraction of sp³-hybridized carbons (Fsp3) is 0.400. The molecule has 1 aromatic carbocycles. The molecule has 1 heterocycles. The van der Waals surface area contributed by atoms with Crippen molar-refractivity contribution in [2.75, 3.05) is 6.54 Å². The molecule has 0 aromatic heterocycles. The zero-order valence-electron chi connectivity index (χ0n) is 10.1. The highest BCUT2D eigenvalue weighted by Gasteiger charge is 2.15. The van der Waals surface area contributed by atoms with E-state index in [2.05, 4.69) is 35.7 Å². The van der Waals surface area contributed by atoms with Crippen LogP contribution >= 0.6 is 0 Å². The minimum atomic E-state index is 0.523. The van der Waals surface area contributed by atoms with E-state index < -0.39 is 0 Å². The van der Waals surface area contributed by atoms with E-state index in [-0.39, 0.29) is 0 Å². The Morgan fingerprint density at radius 1 is 1.29 bits per heavy atom. The second-order valence-corrected chi connectivity index (χ2v) is 4.50. The summed E-state index contributed by atoms with van der Waals surface area (Å²) >= 11 is 0. The SMILES string of the molecule is O=CCCCC1CC(c2ccccc2)=CCN1. The summed E-state index contributed by atoms with van der Waals surface area (Å²) in [5.74, 6) is 0. The number of aldehydes is 1. The Balaban J connectivity index is 1.92. The number of nitrogens with one attached hydrogen (secondary N) is 1. The molecular formula is C15H19NO. The van der Waals surface area contributed by atoms with Gasteiger partial charge in [-0.05, 0) is 30.4 Å². The van der Waals surface area contributed by atoms with Gasteiger partial charge < -0.3 is 10.1 Å². The molecule has 2 rings (SSSR count). The van der Waals surface area contributed by atoms with Crippen molar-refractivity contribution in [1.29, 1.82) is 0 Å². The summed E-state index contributed by atoms with van der Waals surface area (Å²) in [6, 6.07) is 11.1. The lowest BCUT2D eigenvalue weighted by molar-refractivity contribution is -0.107. The fourth-order valence-corrected chi connectivity index (χ4v) is 2.31. The minimum absolute atomic E-state index is 0.523. The number of rotatable bonds is 5. The van der Waals surface area contributed by atoms with Gasteiger partial charge in [-0.15, -0.1) is 0 Å². The highest BCUT2D eigenvalue weighted by molar-refractivity contribution is 5.66. The molecule has 1 atom stereocenters. The molecule has 0 fully saturated rings. The summed E-state index contributed by atoms with van der Waals surface area (Å²) in [5.41, 5.74) is 2.76. The summed E-state index contributed by atoms with van der Waals surface area (Å²) in [6.07, 6.45) is 7.11. The van der Waals surface area contributed by atoms with E-state index in [1.807, 2.05) is 6.07 Å². The Labute approximate surface area is 103 Å². The van der Waals surface area contributed by atoms with Crippen LogP contribution in [0.1, 0.15) is 31.2 Å². The Hall–Kier alpha value is -1.41. The third kappa shape index (κ3) is 3.53. The van der Waals surface area contributed by atoms with Crippen molar-refractivity contribution in [1.82, 2.24) is 5.32 Å². The molecule has 0 saturated carbocycles. The van der Waals surface area contributed by atoms with Crippen molar-refractivity contribution in [2.24, 2.45) is 0 Å². The van der Waals surface area contributed by atoms with Crippen LogP contribution < -0.4 is 5.32 Å². The van der Waals surface area contributed by atoms with Crippen LogP contribution in [0, 0.1) is 0 Å². The van der Waals surface area contributed by atoms with E-state index in [1.54, 1.807) is 0 Å². The molecule has 0 bridgehead atoms. The highest BCUT2D eigenvalue weighted by Crippen LogP contribution is 2.23. The quantitative estimate of drug-likeness (QED) is 0.621. The number of hydrogen-bond donors (Lipinski definition) is 1. The van der Waals surface area contributed by atoms with Crippen molar-refractivity contribution in [3.63, 3.8) is 0 Å². The Bertz CT molecular complexity index is 383. The molecule has 0 radical (unpaired) electrons. The normalized spacial score (nSPS) is 19.8. The van der Waals surface area contributed by atoms with Gasteiger partial charge in [-0.2, -0.15) is 0 Å². The summed E-state index contributed by atoms with van der Waals surface area (Å²) < 4.78 is 0. The van der Waals surface area contributed by atoms with E-state index in [0.717, 1.165) is 32.1 Å². The second-order valence-electron chi connectivity index (χ2n) is 4.50. The average molecular weight is 229 g/mol. The van der Waals surface area contributed by atoms with Crippen LogP contribution in [0.15, 0.2) is 36.4 Å². The lowest BCUT2D eigenvalue weighted by atomic mass is 9.93. The van der Waals surface area contributed by atoms with Gasteiger partial charge in [0.15, 0.2) is 0 Å². The molecule has 0 aliphatic carbocycles. The first-order valence-electron chi connectivity index (χ1n) is 6.31. The first-order chi connectivity index (χ1) is 8.40. The van der Waals surface area contributed by atoms with Crippen LogP contribution in [0.5, 0.6) is 0 Å². The molecule has 1 N–H and O–H groups in total. The minimum Gasteiger partial charge on any atom is -0.310 e. The molecule has 0 spiro atoms. The van der Waals surface area contributed by atoms with Gasteiger partial charge >= 0.3 is 0 Å². The standard InChI is InChI=1S/C15H19NO/c17-11-5-4-8-15-12-14(9-10-16-15)13-6-2-1-3-7-13/h1-3,6-7,9,11,15-16H,4-5,8,10,12H2. The summed E-state index contributed by atoms with van der Waals surface area (Å²) in [5, 5.41) is 3.49. The first-order valence-corrected chi connectivity index (χ1v) is 6.31. The van der Waals surface area contributed by atoms with E-state index >= 15 is 0 Å². The van der Waals surface area contributed by atoms with Crippen LogP contribution in [-0.4, -0.2) is 18.9 Å². The average Bonchev–Trinajstić information content (AvgIpc) is 2.41. The van der Waals surface area contributed by atoms with E-state index in [1.165, 1.54) is 11.1 Å². The zero-order valence-corrected chi connectivity index (χ0v) is 10.1. The maximum absolute atomic E-state index is 10.3. The zero-order chi connectivity index (χ0) is 11.9. The van der Waals surface area contributed by atoms with Crippen molar-refractivity contribution in [3.8, 4) is 0 Å². The molecule has 1 aliphatic heterocycles. The Morgan fingerprint density at radius 3 is 2.88 bits per heavy atom. The van der Waals surface area contributed by atoms with Crippen LogP contribution in [0.25, 0.3) is 5.57 Å². The van der Waals surface area contributed by atoms with Gasteiger partial charge in [0.25, 0.3) is 0 Å². The highest BCUT2D eigenvalue weighted by atomic mass is 16.1. The maximum Gasteiger partial charge on any atom is 0.119 e. The maximum atomic E-state index is 10.3. The van der Waals surface area contributed by atoms with Gasteiger partial charge in [-0.25, -0.2) is 0 Å². The molecule has 2 nitrogen and oxygen atoms in total. The second kappa shape index (κ2) is 6.36. The molecule has 0 saturated heterocycles. The Kier molecular flexibility index (Phi) is 4.51. The van der Waals surface area contributed by atoms with Crippen molar-refractivity contribution in [2.45, 2.75) is 31.7 Å². The van der Waals surface area contributed by atoms with E-state index in [4.69, 9.17) is 0 Å². The molecular weight excluding hydrogens is 210 g/mol. The van der Waals surface area contributed by atoms with Crippen LogP contribution in [-0.2, 0) is 4.79 Å². The van der Waals surface area contributed by atoms with Gasteiger partial charge in [-0.1, -0.05) is 36.4 Å². The largest absolute Gasteiger partial charge is 0.310 e. The lowest BCUT2D eigenvalue weighted by Crippen LogP contribution is -2.32. The predicted octanol–water partition coefficient (Wildman–Crippen LogP) is 2.80. The first kappa shape index (κ1) is 12.1. The van der Waals surface area contributed by atoms with Crippen LogP contribution in [0.2, 0.25) is 0 Å². The van der Waals surface area contributed by atoms with Crippen molar-refractivity contribution >= 4 is 11.9 Å². The summed E-state index contributed by atoms with van der Waals surface area (Å²) in [6.45, 7) is 0.940. The molecule has 17 heavy (non-hydrogen) atoms. The number of carbonyl (C=O) groups is 1. The van der Waals surface area contributed by atoms with Gasteiger partial charge in [0.1, 0.15) is 6.29 Å². The summed E-state index contributed by atoms with van der Waals surface area (Å²) in [7, 11) is 0. The number of carbonyl (C=O) groups excluding carboxylic acids is 1. The van der Waals surface area contributed by atoms with E-state index in [9.17, 15) is 4.79 Å². The van der Waals surface area contributed by atoms with Gasteiger partial charge in [0, 0.05) is 19.0 Å². The molecule has 1 aliphatic rings. The molecule has 0 amide bonds. The third-order valence-corrected chi connectivity index (χ3v) is 3.24. The van der Waals surface area contributed by atoms with Crippen LogP contribution in [0.4, 0.5) is 0 Å². The monoisotopic (exact) mass is 229 g/mol. The number of hydrogen-bond acceptors (Lipinski definition) is 2. The Morgan fingerprint density at radius 2 is 2.12 bits per heavy atom. The fourth-order valence-electron chi connectivity index (χ4n) is 2.31. The van der Waals surface area contributed by atoms with Gasteiger partial charge in [-0.3, -0.25) is 0 Å². The number of unbranched alkanes of at least 4 members (excludes halogenated alkanes) is 1. The van der Waals surface area contributed by atoms with Crippen LogP contribution in [0.3, 0.4) is 0 Å². The smallest absolute Gasteiger partial charge is 0.119 e. The van der Waals surface area contributed by atoms with Gasteiger partial charge in [0.2, 0.25) is 0 Å². The van der Waals surface area contributed by atoms with Crippen molar-refractivity contribution in [3.05, 3.63) is 42.0 Å². The molecule has 2 heteroatoms. The predicted molar refractivity (Wildman–Crippen MR) is 70.7 cm³/mol. The lowest BCUT2D eigenvalue weighted by Gasteiger charge is -2.24. The van der Waals surface area contributed by atoms with E-state index in [0.29, 0.717) is 12.5 Å². The van der Waals surface area contributed by atoms with Crippen molar-refractivity contribution < 1.29 is 4.79 Å².